The van der Waals surface area contributed by atoms with Crippen molar-refractivity contribution in [3.8, 4) is 11.3 Å². The first-order chi connectivity index (χ1) is 18.9. The Bertz CT molecular complexity index is 1420. The van der Waals surface area contributed by atoms with Gasteiger partial charge in [0.15, 0.2) is 0 Å². The van der Waals surface area contributed by atoms with Gasteiger partial charge in [-0.25, -0.2) is 0 Å². The molecule has 3 fully saturated rings. The van der Waals surface area contributed by atoms with Crippen LogP contribution in [0.25, 0.3) is 11.3 Å². The molecule has 2 aromatic carbocycles. The number of hydrogen-bond acceptors (Lipinski definition) is 6. The van der Waals surface area contributed by atoms with Crippen LogP contribution in [0.2, 0.25) is 10.0 Å². The molecule has 11 heteroatoms. The van der Waals surface area contributed by atoms with Crippen molar-refractivity contribution >= 4 is 52.9 Å². The van der Waals surface area contributed by atoms with Crippen molar-refractivity contribution in [3.05, 3.63) is 63.8 Å². The number of benzene rings is 2. The number of fused-ring (bicyclic) bond motifs is 2. The molecule has 1 N–H and O–H groups in total. The monoisotopic (exact) mass is 569 g/mol. The van der Waals surface area contributed by atoms with Crippen LogP contribution in [0.4, 0.5) is 11.4 Å². The van der Waals surface area contributed by atoms with Crippen LogP contribution in [0.1, 0.15) is 42.9 Å². The molecule has 2 heterocycles. The number of aliphatic carboxylic acids is 1. The van der Waals surface area contributed by atoms with Crippen molar-refractivity contribution in [2.45, 2.75) is 50.4 Å². The smallest absolute Gasteiger partial charge is 0.323 e. The minimum atomic E-state index is -1.11. The molecule has 3 atom stereocenters. The molecule has 202 valence electrons. The zero-order chi connectivity index (χ0) is 27.3. The number of piperidine rings is 1. The number of amides is 2. The second-order valence-electron chi connectivity index (χ2n) is 10.2. The summed E-state index contributed by atoms with van der Waals surface area (Å²) in [6.07, 6.45) is 3.66. The van der Waals surface area contributed by atoms with Gasteiger partial charge in [-0.2, -0.15) is 0 Å². The summed E-state index contributed by atoms with van der Waals surface area (Å²) >= 11 is 12.9. The Balaban J connectivity index is 1.17. The Morgan fingerprint density at radius 2 is 1.87 bits per heavy atom. The molecule has 0 spiro atoms. The summed E-state index contributed by atoms with van der Waals surface area (Å²) in [4.78, 5) is 38.5. The average molecular weight is 570 g/mol. The van der Waals surface area contributed by atoms with Gasteiger partial charge < -0.3 is 24.2 Å². The van der Waals surface area contributed by atoms with Gasteiger partial charge in [0.25, 0.3) is 0 Å². The van der Waals surface area contributed by atoms with E-state index in [1.165, 1.54) is 0 Å². The van der Waals surface area contributed by atoms with Crippen LogP contribution in [0.5, 0.6) is 0 Å². The predicted molar refractivity (Wildman–Crippen MR) is 144 cm³/mol. The molecule has 9 nitrogen and oxygen atoms in total. The number of hydrogen-bond donors (Lipinski definition) is 1. The van der Waals surface area contributed by atoms with Crippen LogP contribution >= 0.6 is 23.2 Å². The number of carboxylic acids is 1. The molecule has 2 aliphatic carbocycles. The highest BCUT2D eigenvalue weighted by molar-refractivity contribution is 6.39. The Labute approximate surface area is 234 Å². The van der Waals surface area contributed by atoms with Gasteiger partial charge in [0.05, 0.1) is 28.7 Å². The van der Waals surface area contributed by atoms with Crippen molar-refractivity contribution in [1.82, 2.24) is 5.16 Å². The third kappa shape index (κ3) is 4.79. The molecular formula is C28H25Cl2N3O6. The summed E-state index contributed by atoms with van der Waals surface area (Å²) in [7, 11) is 0. The molecule has 2 bridgehead atoms. The summed E-state index contributed by atoms with van der Waals surface area (Å²) in [5.74, 6) is -0.295. The first-order valence-electron chi connectivity index (χ1n) is 12.8. The van der Waals surface area contributed by atoms with E-state index in [0.717, 1.165) is 29.1 Å². The number of carbonyl (C=O) groups is 3. The number of nitrogens with zero attached hydrogens (tertiary/aromatic N) is 3. The highest BCUT2D eigenvalue weighted by atomic mass is 35.5. The van der Waals surface area contributed by atoms with E-state index in [4.69, 9.17) is 37.6 Å². The number of carbonyl (C=O) groups excluding carboxylic acids is 2. The van der Waals surface area contributed by atoms with Gasteiger partial charge in [0.2, 0.25) is 12.3 Å². The lowest BCUT2D eigenvalue weighted by Gasteiger charge is -2.31. The Morgan fingerprint density at radius 3 is 2.49 bits per heavy atom. The zero-order valence-electron chi connectivity index (χ0n) is 20.8. The second kappa shape index (κ2) is 10.3. The third-order valence-corrected chi connectivity index (χ3v) is 8.33. The lowest BCUT2D eigenvalue weighted by atomic mass is 10.0. The van der Waals surface area contributed by atoms with Crippen LogP contribution in [-0.4, -0.2) is 47.2 Å². The fraction of sp³-hybridized carbons (Fsp3) is 0.357. The van der Waals surface area contributed by atoms with Crippen molar-refractivity contribution in [3.63, 3.8) is 0 Å². The normalized spacial score (nSPS) is 21.9. The molecule has 39 heavy (non-hydrogen) atoms. The number of carboxylic acid groups (broad SMARTS) is 1. The molecule has 0 radical (unpaired) electrons. The van der Waals surface area contributed by atoms with Gasteiger partial charge >= 0.3 is 5.97 Å². The zero-order valence-corrected chi connectivity index (χ0v) is 22.3. The fourth-order valence-electron chi connectivity index (χ4n) is 5.70. The van der Waals surface area contributed by atoms with E-state index in [-0.39, 0.29) is 30.6 Å². The van der Waals surface area contributed by atoms with Crippen LogP contribution in [-0.2, 0) is 25.7 Å². The highest BCUT2D eigenvalue weighted by Gasteiger charge is 2.52. The summed E-state index contributed by atoms with van der Waals surface area (Å²) in [6, 6.07) is 12.1. The Hall–Kier alpha value is -3.40. The molecular weight excluding hydrogens is 545 g/mol. The van der Waals surface area contributed by atoms with Crippen molar-refractivity contribution in [1.29, 1.82) is 0 Å². The van der Waals surface area contributed by atoms with E-state index in [1.54, 1.807) is 47.4 Å². The largest absolute Gasteiger partial charge is 0.480 e. The summed E-state index contributed by atoms with van der Waals surface area (Å²) in [5.41, 5.74) is 3.18. The van der Waals surface area contributed by atoms with E-state index in [0.29, 0.717) is 57.8 Å². The Morgan fingerprint density at radius 1 is 1.15 bits per heavy atom. The van der Waals surface area contributed by atoms with E-state index < -0.39 is 12.5 Å². The van der Waals surface area contributed by atoms with Crippen LogP contribution < -0.4 is 9.80 Å². The summed E-state index contributed by atoms with van der Waals surface area (Å²) < 4.78 is 12.1. The standard InChI is InChI=1S/C28H25Cl2N3O6/c29-21-2-1-3-22(30)25(21)26-20(27(39-31-26)15-4-5-15)13-38-23-11-18-10-19(23)28(37)33(18)17-8-6-16(7-9-17)32(14-34)12-24(35)36/h1-3,6-9,14-15,18-19,23H,4-5,10-13H2,(H,35,36)/t18-,19+,23+/m0/s1. The molecule has 2 amide bonds. The summed E-state index contributed by atoms with van der Waals surface area (Å²) in [5, 5.41) is 14.3. The quantitative estimate of drug-likeness (QED) is 0.330. The maximum atomic E-state index is 13.4. The lowest BCUT2D eigenvalue weighted by Crippen LogP contribution is -2.43. The molecule has 1 aromatic heterocycles. The topological polar surface area (TPSA) is 113 Å². The number of ether oxygens (including phenoxy) is 1. The van der Waals surface area contributed by atoms with E-state index in [9.17, 15) is 14.4 Å². The molecule has 2 saturated carbocycles. The summed E-state index contributed by atoms with van der Waals surface area (Å²) in [6.45, 7) is -0.193. The van der Waals surface area contributed by atoms with Gasteiger partial charge in [-0.3, -0.25) is 14.4 Å². The maximum Gasteiger partial charge on any atom is 0.323 e. The second-order valence-corrected chi connectivity index (χ2v) is 11.0. The van der Waals surface area contributed by atoms with Crippen molar-refractivity contribution < 1.29 is 28.8 Å². The SMILES string of the molecule is O=CN(CC(=O)O)c1ccc(N2C(=O)[C@@H]3C[C@H]2C[C@H]3OCc2c(-c3c(Cl)cccc3Cl)noc2C2CC2)cc1. The molecule has 1 aliphatic heterocycles. The van der Waals surface area contributed by atoms with Crippen LogP contribution in [0.15, 0.2) is 47.0 Å². The van der Waals surface area contributed by atoms with Gasteiger partial charge in [0.1, 0.15) is 18.0 Å². The lowest BCUT2D eigenvalue weighted by molar-refractivity contribution is -0.136. The maximum absolute atomic E-state index is 13.4. The number of halogens is 2. The number of rotatable bonds is 10. The van der Waals surface area contributed by atoms with Gasteiger partial charge in [-0.15, -0.1) is 0 Å². The molecule has 0 unspecified atom stereocenters. The first-order valence-corrected chi connectivity index (χ1v) is 13.5. The van der Waals surface area contributed by atoms with Crippen LogP contribution in [0.3, 0.4) is 0 Å². The average Bonchev–Trinajstić information content (AvgIpc) is 3.42. The van der Waals surface area contributed by atoms with E-state index in [1.807, 2.05) is 0 Å². The van der Waals surface area contributed by atoms with Gasteiger partial charge in [-0.05, 0) is 62.1 Å². The van der Waals surface area contributed by atoms with Crippen LogP contribution in [0, 0.1) is 5.92 Å². The van der Waals surface area contributed by atoms with Gasteiger partial charge in [0, 0.05) is 34.5 Å². The number of anilines is 2. The van der Waals surface area contributed by atoms with Crippen molar-refractivity contribution in [2.75, 3.05) is 16.3 Å². The third-order valence-electron chi connectivity index (χ3n) is 7.70. The first kappa shape index (κ1) is 25.9. The Kier molecular flexibility index (Phi) is 6.82. The van der Waals surface area contributed by atoms with Crippen molar-refractivity contribution in [2.24, 2.45) is 5.92 Å². The molecule has 3 aromatic rings. The highest BCUT2D eigenvalue weighted by Crippen LogP contribution is 2.47. The van der Waals surface area contributed by atoms with E-state index >= 15 is 0 Å². The fourth-order valence-corrected chi connectivity index (χ4v) is 6.28. The van der Waals surface area contributed by atoms with Gasteiger partial charge in [-0.1, -0.05) is 34.4 Å². The minimum Gasteiger partial charge on any atom is -0.480 e. The van der Waals surface area contributed by atoms with E-state index in [2.05, 4.69) is 5.16 Å². The molecule has 3 aliphatic rings. The molecule has 1 saturated heterocycles. The predicted octanol–water partition coefficient (Wildman–Crippen LogP) is 5.28. The molecule has 6 rings (SSSR count). The minimum absolute atomic E-state index is 0.0103. The number of aromatic nitrogens is 1.